The fourth-order valence-corrected chi connectivity index (χ4v) is 2.41. The second-order valence-corrected chi connectivity index (χ2v) is 4.67. The van der Waals surface area contributed by atoms with Crippen LogP contribution in [0.3, 0.4) is 0 Å². The van der Waals surface area contributed by atoms with E-state index in [1.165, 1.54) is 13.2 Å². The molecule has 100 valence electrons. The number of ether oxygens (including phenoxy) is 1. The van der Waals surface area contributed by atoms with Crippen LogP contribution in [0.2, 0.25) is 0 Å². The minimum Gasteiger partial charge on any atom is -0.494 e. The fourth-order valence-electron chi connectivity index (χ4n) is 2.41. The van der Waals surface area contributed by atoms with Crippen molar-refractivity contribution in [3.63, 3.8) is 0 Å². The van der Waals surface area contributed by atoms with E-state index in [2.05, 4.69) is 15.3 Å². The zero-order chi connectivity index (χ0) is 13.2. The topological polar surface area (TPSA) is 49.9 Å². The summed E-state index contributed by atoms with van der Waals surface area (Å²) in [5, 5.41) is 3.38. The summed E-state index contributed by atoms with van der Waals surface area (Å²) in [5.41, 5.74) is 1.50. The number of rotatable bonds is 3. The smallest absolute Gasteiger partial charge is 0.165 e. The number of imidazole rings is 1. The van der Waals surface area contributed by atoms with Crippen molar-refractivity contribution in [3.8, 4) is 17.0 Å². The first-order valence-electron chi connectivity index (χ1n) is 6.40. The highest BCUT2D eigenvalue weighted by Gasteiger charge is 2.19. The average molecular weight is 261 g/mol. The Morgan fingerprint density at radius 3 is 3.00 bits per heavy atom. The van der Waals surface area contributed by atoms with E-state index in [0.717, 1.165) is 36.5 Å². The maximum Gasteiger partial charge on any atom is 0.165 e. The zero-order valence-electron chi connectivity index (χ0n) is 10.7. The minimum atomic E-state index is -0.372. The Bertz CT molecular complexity index is 576. The summed E-state index contributed by atoms with van der Waals surface area (Å²) in [5.74, 6) is 0.796. The molecule has 1 saturated heterocycles. The molecule has 19 heavy (non-hydrogen) atoms. The lowest BCUT2D eigenvalue weighted by Gasteiger charge is -2.05. The summed E-state index contributed by atoms with van der Waals surface area (Å²) in [4.78, 5) is 7.70. The Kier molecular flexibility index (Phi) is 3.21. The second-order valence-electron chi connectivity index (χ2n) is 4.67. The van der Waals surface area contributed by atoms with Gasteiger partial charge >= 0.3 is 0 Å². The lowest BCUT2D eigenvalue weighted by molar-refractivity contribution is 0.386. The summed E-state index contributed by atoms with van der Waals surface area (Å²) < 4.78 is 18.6. The van der Waals surface area contributed by atoms with Crippen molar-refractivity contribution in [2.75, 3.05) is 13.7 Å². The Hall–Kier alpha value is -1.88. The summed E-state index contributed by atoms with van der Waals surface area (Å²) in [6, 6.07) is 5.16. The largest absolute Gasteiger partial charge is 0.494 e. The molecule has 1 atom stereocenters. The molecule has 1 unspecified atom stereocenters. The highest BCUT2D eigenvalue weighted by Crippen LogP contribution is 2.26. The molecule has 1 aliphatic rings. The van der Waals surface area contributed by atoms with E-state index in [4.69, 9.17) is 4.74 Å². The van der Waals surface area contributed by atoms with Crippen LogP contribution in [-0.2, 0) is 0 Å². The predicted octanol–water partition coefficient (Wildman–Crippen LogP) is 2.65. The van der Waals surface area contributed by atoms with Gasteiger partial charge in [-0.25, -0.2) is 9.37 Å². The molecule has 0 radical (unpaired) electrons. The number of nitrogens with zero attached hydrogens (tertiary/aromatic N) is 1. The lowest BCUT2D eigenvalue weighted by Crippen LogP contribution is -2.14. The van der Waals surface area contributed by atoms with E-state index in [1.54, 1.807) is 6.07 Å². The molecule has 5 heteroatoms. The molecule has 1 aromatic carbocycles. The van der Waals surface area contributed by atoms with Crippen LogP contribution in [0.1, 0.15) is 24.7 Å². The van der Waals surface area contributed by atoms with Crippen LogP contribution < -0.4 is 10.1 Å². The number of nitrogens with one attached hydrogen (secondary N) is 2. The molecule has 0 saturated carbocycles. The van der Waals surface area contributed by atoms with Crippen LogP contribution in [-0.4, -0.2) is 23.6 Å². The number of H-pyrrole nitrogens is 1. The highest BCUT2D eigenvalue weighted by molar-refractivity contribution is 5.60. The third-order valence-electron chi connectivity index (χ3n) is 3.44. The average Bonchev–Trinajstić information content (AvgIpc) is 3.09. The molecular formula is C14H16FN3O. The summed E-state index contributed by atoms with van der Waals surface area (Å²) in [6.45, 7) is 1.03. The fraction of sp³-hybridized carbons (Fsp3) is 0.357. The molecule has 4 nitrogen and oxygen atoms in total. The molecule has 0 bridgehead atoms. The van der Waals surface area contributed by atoms with Gasteiger partial charge in [0.2, 0.25) is 0 Å². The Morgan fingerprint density at radius 1 is 1.42 bits per heavy atom. The first-order chi connectivity index (χ1) is 9.28. The van der Waals surface area contributed by atoms with Gasteiger partial charge in [0.05, 0.1) is 18.8 Å². The molecule has 1 aliphatic heterocycles. The van der Waals surface area contributed by atoms with Crippen LogP contribution in [0.5, 0.6) is 5.75 Å². The SMILES string of the molecule is COc1ccc(-c2c[nH]c(C3CCCN3)n2)cc1F. The summed E-state index contributed by atoms with van der Waals surface area (Å²) in [7, 11) is 1.45. The molecule has 2 aromatic rings. The van der Waals surface area contributed by atoms with Gasteiger partial charge in [0, 0.05) is 11.8 Å². The van der Waals surface area contributed by atoms with Crippen LogP contribution in [0.25, 0.3) is 11.3 Å². The molecule has 0 spiro atoms. The maximum absolute atomic E-state index is 13.7. The predicted molar refractivity (Wildman–Crippen MR) is 70.5 cm³/mol. The minimum absolute atomic E-state index is 0.247. The van der Waals surface area contributed by atoms with Crippen molar-refractivity contribution in [2.24, 2.45) is 0 Å². The van der Waals surface area contributed by atoms with Gasteiger partial charge in [-0.2, -0.15) is 0 Å². The quantitative estimate of drug-likeness (QED) is 0.893. The van der Waals surface area contributed by atoms with Gasteiger partial charge in [-0.15, -0.1) is 0 Å². The number of halogens is 1. The van der Waals surface area contributed by atoms with Gasteiger partial charge in [-0.1, -0.05) is 0 Å². The van der Waals surface area contributed by atoms with Gasteiger partial charge < -0.3 is 15.0 Å². The molecule has 2 N–H and O–H groups in total. The molecule has 0 aliphatic carbocycles. The zero-order valence-corrected chi connectivity index (χ0v) is 10.7. The van der Waals surface area contributed by atoms with Crippen molar-refractivity contribution in [2.45, 2.75) is 18.9 Å². The van der Waals surface area contributed by atoms with Crippen LogP contribution >= 0.6 is 0 Å². The van der Waals surface area contributed by atoms with Gasteiger partial charge in [-0.05, 0) is 37.6 Å². The lowest BCUT2D eigenvalue weighted by atomic mass is 10.1. The van der Waals surface area contributed by atoms with Gasteiger partial charge in [0.15, 0.2) is 11.6 Å². The van der Waals surface area contributed by atoms with Crippen molar-refractivity contribution in [1.29, 1.82) is 0 Å². The van der Waals surface area contributed by atoms with Crippen molar-refractivity contribution >= 4 is 0 Å². The Balaban J connectivity index is 1.87. The number of benzene rings is 1. The van der Waals surface area contributed by atoms with E-state index >= 15 is 0 Å². The molecular weight excluding hydrogens is 245 g/mol. The first-order valence-corrected chi connectivity index (χ1v) is 6.40. The number of aromatic amines is 1. The van der Waals surface area contributed by atoms with E-state index in [1.807, 2.05) is 12.3 Å². The highest BCUT2D eigenvalue weighted by atomic mass is 19.1. The molecule has 0 amide bonds. The molecule has 1 fully saturated rings. The van der Waals surface area contributed by atoms with Crippen LogP contribution in [0.15, 0.2) is 24.4 Å². The third kappa shape index (κ3) is 2.33. The van der Waals surface area contributed by atoms with Crippen LogP contribution in [0, 0.1) is 5.82 Å². The molecule has 1 aromatic heterocycles. The van der Waals surface area contributed by atoms with Crippen molar-refractivity contribution < 1.29 is 9.13 Å². The van der Waals surface area contributed by atoms with Gasteiger partial charge in [0.25, 0.3) is 0 Å². The third-order valence-corrected chi connectivity index (χ3v) is 3.44. The van der Waals surface area contributed by atoms with Gasteiger partial charge in [-0.3, -0.25) is 0 Å². The first kappa shape index (κ1) is 12.2. The van der Waals surface area contributed by atoms with E-state index in [-0.39, 0.29) is 17.6 Å². The summed E-state index contributed by atoms with van der Waals surface area (Å²) >= 11 is 0. The normalized spacial score (nSPS) is 18.7. The molecule has 2 heterocycles. The molecule has 3 rings (SSSR count). The van der Waals surface area contributed by atoms with Crippen molar-refractivity contribution in [3.05, 3.63) is 36.0 Å². The van der Waals surface area contributed by atoms with E-state index in [0.29, 0.717) is 0 Å². The number of aromatic nitrogens is 2. The number of hydrogen-bond donors (Lipinski definition) is 2. The van der Waals surface area contributed by atoms with E-state index < -0.39 is 0 Å². The Morgan fingerprint density at radius 2 is 2.32 bits per heavy atom. The number of hydrogen-bond acceptors (Lipinski definition) is 3. The maximum atomic E-state index is 13.7. The monoisotopic (exact) mass is 261 g/mol. The summed E-state index contributed by atoms with van der Waals surface area (Å²) in [6.07, 6.45) is 4.07. The standard InChI is InChI=1S/C14H16FN3O/c1-19-13-5-4-9(7-10(13)15)12-8-17-14(18-12)11-3-2-6-16-11/h4-5,7-8,11,16H,2-3,6H2,1H3,(H,17,18). The number of methoxy groups -OCH3 is 1. The van der Waals surface area contributed by atoms with Gasteiger partial charge in [0.1, 0.15) is 5.82 Å². The van der Waals surface area contributed by atoms with Crippen molar-refractivity contribution in [1.82, 2.24) is 15.3 Å². The Labute approximate surface area is 111 Å². The second kappa shape index (κ2) is 5.01. The van der Waals surface area contributed by atoms with E-state index in [9.17, 15) is 4.39 Å². The van der Waals surface area contributed by atoms with Crippen LogP contribution in [0.4, 0.5) is 4.39 Å².